The van der Waals surface area contributed by atoms with E-state index in [0.717, 1.165) is 0 Å². The fourth-order valence-corrected chi connectivity index (χ4v) is 2.15. The lowest BCUT2D eigenvalue weighted by Crippen LogP contribution is -2.66. The maximum atomic E-state index is 12.2. The SMILES string of the molecule is CC1(C)C(=O)NC(=O)CN1C(=O)COc1ccccc1Cl. The summed E-state index contributed by atoms with van der Waals surface area (Å²) in [7, 11) is 0. The molecule has 0 saturated carbocycles. The molecule has 0 bridgehead atoms. The summed E-state index contributed by atoms with van der Waals surface area (Å²) in [5.41, 5.74) is -1.10. The van der Waals surface area contributed by atoms with Crippen molar-refractivity contribution in [2.24, 2.45) is 0 Å². The lowest BCUT2D eigenvalue weighted by Gasteiger charge is -2.39. The zero-order chi connectivity index (χ0) is 15.6. The number of nitrogens with zero attached hydrogens (tertiary/aromatic N) is 1. The number of ether oxygens (including phenoxy) is 1. The monoisotopic (exact) mass is 310 g/mol. The van der Waals surface area contributed by atoms with Crippen LogP contribution >= 0.6 is 11.6 Å². The van der Waals surface area contributed by atoms with E-state index in [1.165, 1.54) is 4.90 Å². The third-order valence-electron chi connectivity index (χ3n) is 3.27. The molecule has 1 N–H and O–H groups in total. The van der Waals surface area contributed by atoms with Gasteiger partial charge in [-0.2, -0.15) is 0 Å². The van der Waals surface area contributed by atoms with E-state index in [9.17, 15) is 14.4 Å². The van der Waals surface area contributed by atoms with Crippen LogP contribution in [0.2, 0.25) is 5.02 Å². The minimum absolute atomic E-state index is 0.177. The number of amides is 3. The smallest absolute Gasteiger partial charge is 0.261 e. The molecule has 1 saturated heterocycles. The van der Waals surface area contributed by atoms with Crippen LogP contribution in [0.15, 0.2) is 24.3 Å². The molecule has 1 fully saturated rings. The summed E-state index contributed by atoms with van der Waals surface area (Å²) < 4.78 is 5.35. The Morgan fingerprint density at radius 2 is 2.05 bits per heavy atom. The lowest BCUT2D eigenvalue weighted by molar-refractivity contribution is -0.156. The van der Waals surface area contributed by atoms with Crippen LogP contribution in [0, 0.1) is 0 Å². The van der Waals surface area contributed by atoms with E-state index in [1.807, 2.05) is 0 Å². The molecule has 0 atom stereocenters. The number of para-hydroxylation sites is 1. The van der Waals surface area contributed by atoms with Gasteiger partial charge in [-0.25, -0.2) is 0 Å². The molecule has 0 unspecified atom stereocenters. The Labute approximate surface area is 127 Å². The predicted octanol–water partition coefficient (Wildman–Crippen LogP) is 0.982. The van der Waals surface area contributed by atoms with Crippen molar-refractivity contribution in [1.29, 1.82) is 0 Å². The first kappa shape index (κ1) is 15.3. The Kier molecular flexibility index (Phi) is 4.18. The Balaban J connectivity index is 2.07. The number of carbonyl (C=O) groups is 3. The summed E-state index contributed by atoms with van der Waals surface area (Å²) in [5.74, 6) is -1.10. The van der Waals surface area contributed by atoms with Crippen LogP contribution in [0.3, 0.4) is 0 Å². The second-order valence-corrected chi connectivity index (χ2v) is 5.54. The normalized spacial score (nSPS) is 17.4. The number of halogens is 1. The molecule has 0 spiro atoms. The molecule has 21 heavy (non-hydrogen) atoms. The molecule has 1 aliphatic heterocycles. The minimum atomic E-state index is -1.10. The number of hydrogen-bond donors (Lipinski definition) is 1. The maximum Gasteiger partial charge on any atom is 0.261 e. The van der Waals surface area contributed by atoms with Gasteiger partial charge in [-0.1, -0.05) is 23.7 Å². The van der Waals surface area contributed by atoms with Gasteiger partial charge in [-0.05, 0) is 26.0 Å². The number of rotatable bonds is 3. The number of benzene rings is 1. The van der Waals surface area contributed by atoms with Gasteiger partial charge in [-0.3, -0.25) is 19.7 Å². The standard InChI is InChI=1S/C14H15ClN2O4/c1-14(2)13(20)16-11(18)7-17(14)12(19)8-21-10-6-4-3-5-9(10)15/h3-6H,7-8H2,1-2H3,(H,16,18,20). The molecular formula is C14H15ClN2O4. The topological polar surface area (TPSA) is 75.7 Å². The molecule has 112 valence electrons. The van der Waals surface area contributed by atoms with Crippen molar-refractivity contribution < 1.29 is 19.1 Å². The van der Waals surface area contributed by atoms with E-state index < -0.39 is 23.3 Å². The third kappa shape index (κ3) is 3.16. The van der Waals surface area contributed by atoms with E-state index in [2.05, 4.69) is 5.32 Å². The Hall–Kier alpha value is -2.08. The van der Waals surface area contributed by atoms with Gasteiger partial charge in [0.05, 0.1) is 5.02 Å². The van der Waals surface area contributed by atoms with E-state index in [-0.39, 0.29) is 13.2 Å². The van der Waals surface area contributed by atoms with Crippen LogP contribution in [-0.2, 0) is 14.4 Å². The van der Waals surface area contributed by atoms with Gasteiger partial charge in [0, 0.05) is 0 Å². The van der Waals surface area contributed by atoms with Crippen molar-refractivity contribution in [3.8, 4) is 5.75 Å². The molecule has 0 aliphatic carbocycles. The predicted molar refractivity (Wildman–Crippen MR) is 75.9 cm³/mol. The molecule has 1 aromatic rings. The zero-order valence-electron chi connectivity index (χ0n) is 11.7. The van der Waals surface area contributed by atoms with Gasteiger partial charge in [0.1, 0.15) is 17.8 Å². The van der Waals surface area contributed by atoms with E-state index in [4.69, 9.17) is 16.3 Å². The highest BCUT2D eigenvalue weighted by atomic mass is 35.5. The highest BCUT2D eigenvalue weighted by Gasteiger charge is 2.43. The van der Waals surface area contributed by atoms with Crippen LogP contribution < -0.4 is 10.1 Å². The van der Waals surface area contributed by atoms with Crippen LogP contribution in [-0.4, -0.2) is 41.3 Å². The van der Waals surface area contributed by atoms with Crippen LogP contribution in [0.25, 0.3) is 0 Å². The van der Waals surface area contributed by atoms with Crippen molar-refractivity contribution in [2.75, 3.05) is 13.2 Å². The summed E-state index contributed by atoms with van der Waals surface area (Å²) >= 11 is 5.93. The van der Waals surface area contributed by atoms with Gasteiger partial charge in [0.15, 0.2) is 6.61 Å². The van der Waals surface area contributed by atoms with E-state index in [0.29, 0.717) is 10.8 Å². The van der Waals surface area contributed by atoms with Gasteiger partial charge in [0.2, 0.25) is 5.91 Å². The zero-order valence-corrected chi connectivity index (χ0v) is 12.4. The summed E-state index contributed by atoms with van der Waals surface area (Å²) in [4.78, 5) is 36.6. The van der Waals surface area contributed by atoms with Gasteiger partial charge in [-0.15, -0.1) is 0 Å². The van der Waals surface area contributed by atoms with Crippen LogP contribution in [0.4, 0.5) is 0 Å². The molecule has 1 heterocycles. The lowest BCUT2D eigenvalue weighted by atomic mass is 9.98. The van der Waals surface area contributed by atoms with Crippen molar-refractivity contribution in [3.05, 3.63) is 29.3 Å². The largest absolute Gasteiger partial charge is 0.482 e. The quantitative estimate of drug-likeness (QED) is 0.845. The highest BCUT2D eigenvalue weighted by Crippen LogP contribution is 2.24. The fourth-order valence-electron chi connectivity index (χ4n) is 1.96. The summed E-state index contributed by atoms with van der Waals surface area (Å²) in [6, 6.07) is 6.75. The average Bonchev–Trinajstić information content (AvgIpc) is 2.42. The molecule has 1 aromatic carbocycles. The first-order valence-corrected chi connectivity index (χ1v) is 6.72. The Morgan fingerprint density at radius 1 is 1.38 bits per heavy atom. The number of hydrogen-bond acceptors (Lipinski definition) is 4. The molecule has 0 radical (unpaired) electrons. The summed E-state index contributed by atoms with van der Waals surface area (Å²) in [5, 5.41) is 2.59. The van der Waals surface area contributed by atoms with E-state index >= 15 is 0 Å². The summed E-state index contributed by atoms with van der Waals surface area (Å²) in [6.07, 6.45) is 0. The number of imide groups is 1. The third-order valence-corrected chi connectivity index (χ3v) is 3.59. The molecule has 6 nitrogen and oxygen atoms in total. The first-order chi connectivity index (χ1) is 9.82. The molecule has 1 aliphatic rings. The van der Waals surface area contributed by atoms with Gasteiger partial charge < -0.3 is 9.64 Å². The van der Waals surface area contributed by atoms with Crippen molar-refractivity contribution in [2.45, 2.75) is 19.4 Å². The fraction of sp³-hybridized carbons (Fsp3) is 0.357. The number of piperazine rings is 1. The van der Waals surface area contributed by atoms with Crippen molar-refractivity contribution >= 4 is 29.3 Å². The second-order valence-electron chi connectivity index (χ2n) is 5.14. The Bertz CT molecular complexity index is 600. The molecule has 2 rings (SSSR count). The number of nitrogens with one attached hydrogen (secondary N) is 1. The van der Waals surface area contributed by atoms with Crippen LogP contribution in [0.1, 0.15) is 13.8 Å². The summed E-state index contributed by atoms with van der Waals surface area (Å²) in [6.45, 7) is 2.67. The second kappa shape index (κ2) is 5.73. The van der Waals surface area contributed by atoms with Gasteiger partial charge >= 0.3 is 0 Å². The molecule has 0 aromatic heterocycles. The van der Waals surface area contributed by atoms with E-state index in [1.54, 1.807) is 38.1 Å². The molecule has 3 amide bonds. The van der Waals surface area contributed by atoms with Crippen molar-refractivity contribution in [3.63, 3.8) is 0 Å². The molecule has 7 heteroatoms. The maximum absolute atomic E-state index is 12.2. The first-order valence-electron chi connectivity index (χ1n) is 6.34. The average molecular weight is 311 g/mol. The molecular weight excluding hydrogens is 296 g/mol. The highest BCUT2D eigenvalue weighted by molar-refractivity contribution is 6.32. The Morgan fingerprint density at radius 3 is 2.71 bits per heavy atom. The number of carbonyl (C=O) groups excluding carboxylic acids is 3. The van der Waals surface area contributed by atoms with Crippen molar-refractivity contribution in [1.82, 2.24) is 10.2 Å². The van der Waals surface area contributed by atoms with Gasteiger partial charge in [0.25, 0.3) is 11.8 Å². The minimum Gasteiger partial charge on any atom is -0.482 e. The van der Waals surface area contributed by atoms with Crippen LogP contribution in [0.5, 0.6) is 5.75 Å².